The van der Waals surface area contributed by atoms with Crippen molar-refractivity contribution in [3.05, 3.63) is 93.7 Å². The number of pyridine rings is 2. The van der Waals surface area contributed by atoms with Crippen LogP contribution in [0, 0.1) is 6.92 Å². The molecule has 0 amide bonds. The average molecular weight is 517 g/mol. The fraction of sp³-hybridized carbons (Fsp3) is 0.333. The molecule has 0 saturated heterocycles. The standard InChI is InChI=1S/C13H13N3.C9H10BrN.C5H6N2/c1-2-5-11-10(4-1)7-8-12(15-11)13-6-3-9-14-16-13;10-9-6-5-7-3-1-2-4-8(7)11-9;1-5-3-2-4-6-7-5/h3,6-9H,1-2,4-5H2;5-6H,1-4H2;2-4H,1H3. The number of aryl methyl sites for hydroxylation is 5. The summed E-state index contributed by atoms with van der Waals surface area (Å²) >= 11 is 3.38. The number of hydrogen-bond acceptors (Lipinski definition) is 6. The van der Waals surface area contributed by atoms with Gasteiger partial charge < -0.3 is 0 Å². The van der Waals surface area contributed by atoms with Gasteiger partial charge in [0, 0.05) is 23.8 Å². The first-order valence-corrected chi connectivity index (χ1v) is 12.6. The molecule has 4 aromatic rings. The number of nitrogens with zero attached hydrogens (tertiary/aromatic N) is 6. The smallest absolute Gasteiger partial charge is 0.111 e. The zero-order chi connectivity index (χ0) is 23.6. The van der Waals surface area contributed by atoms with E-state index in [2.05, 4.69) is 58.4 Å². The molecule has 6 rings (SSSR count). The van der Waals surface area contributed by atoms with Gasteiger partial charge in [-0.1, -0.05) is 12.1 Å². The van der Waals surface area contributed by atoms with Gasteiger partial charge in [0.05, 0.1) is 11.4 Å². The van der Waals surface area contributed by atoms with E-state index >= 15 is 0 Å². The molecule has 2 aliphatic rings. The maximum absolute atomic E-state index is 4.68. The Morgan fingerprint density at radius 1 is 0.618 bits per heavy atom. The molecule has 34 heavy (non-hydrogen) atoms. The van der Waals surface area contributed by atoms with Crippen LogP contribution in [-0.2, 0) is 25.7 Å². The number of hydrogen-bond donors (Lipinski definition) is 0. The van der Waals surface area contributed by atoms with E-state index in [9.17, 15) is 0 Å². The van der Waals surface area contributed by atoms with E-state index < -0.39 is 0 Å². The molecule has 0 bridgehead atoms. The topological polar surface area (TPSA) is 77.3 Å². The van der Waals surface area contributed by atoms with E-state index in [1.165, 1.54) is 61.0 Å². The highest BCUT2D eigenvalue weighted by Crippen LogP contribution is 2.23. The molecule has 0 saturated carbocycles. The van der Waals surface area contributed by atoms with Crippen LogP contribution in [0.5, 0.6) is 0 Å². The Morgan fingerprint density at radius 3 is 1.82 bits per heavy atom. The minimum atomic E-state index is 0.857. The third kappa shape index (κ3) is 6.97. The first kappa shape index (κ1) is 24.1. The van der Waals surface area contributed by atoms with Crippen LogP contribution < -0.4 is 0 Å². The predicted molar refractivity (Wildman–Crippen MR) is 137 cm³/mol. The molecule has 0 spiro atoms. The molecule has 0 unspecified atom stereocenters. The maximum Gasteiger partial charge on any atom is 0.111 e. The number of aromatic nitrogens is 6. The Balaban J connectivity index is 0.000000132. The lowest BCUT2D eigenvalue weighted by molar-refractivity contribution is 0.666. The van der Waals surface area contributed by atoms with Crippen molar-refractivity contribution >= 4 is 15.9 Å². The monoisotopic (exact) mass is 516 g/mol. The number of fused-ring (bicyclic) bond motifs is 2. The van der Waals surface area contributed by atoms with Gasteiger partial charge in [0.2, 0.25) is 0 Å². The molecule has 7 heteroatoms. The summed E-state index contributed by atoms with van der Waals surface area (Å²) in [4.78, 5) is 9.11. The zero-order valence-corrected chi connectivity index (χ0v) is 21.1. The van der Waals surface area contributed by atoms with Crippen molar-refractivity contribution in [2.75, 3.05) is 0 Å². The summed E-state index contributed by atoms with van der Waals surface area (Å²) in [5, 5.41) is 15.3. The molecule has 174 valence electrons. The molecule has 0 atom stereocenters. The Labute approximate surface area is 209 Å². The number of halogens is 1. The van der Waals surface area contributed by atoms with Crippen LogP contribution in [0.1, 0.15) is 53.9 Å². The lowest BCUT2D eigenvalue weighted by atomic mass is 9.96. The molecule has 0 fully saturated rings. The first-order valence-electron chi connectivity index (χ1n) is 11.8. The van der Waals surface area contributed by atoms with E-state index in [4.69, 9.17) is 0 Å². The predicted octanol–water partition coefficient (Wildman–Crippen LogP) is 5.93. The minimum absolute atomic E-state index is 0.857. The highest BCUT2D eigenvalue weighted by Gasteiger charge is 2.12. The van der Waals surface area contributed by atoms with Gasteiger partial charge in [-0.2, -0.15) is 15.3 Å². The van der Waals surface area contributed by atoms with Crippen molar-refractivity contribution in [1.29, 1.82) is 0 Å². The molecule has 2 aliphatic carbocycles. The van der Waals surface area contributed by atoms with Crippen molar-refractivity contribution in [3.8, 4) is 11.4 Å². The van der Waals surface area contributed by atoms with Crippen LogP contribution >= 0.6 is 15.9 Å². The van der Waals surface area contributed by atoms with Crippen molar-refractivity contribution < 1.29 is 0 Å². The molecular formula is C27H29BrN6. The van der Waals surface area contributed by atoms with Gasteiger partial charge in [-0.05, 0) is 122 Å². The van der Waals surface area contributed by atoms with Crippen LogP contribution in [-0.4, -0.2) is 30.4 Å². The summed E-state index contributed by atoms with van der Waals surface area (Å²) in [6.45, 7) is 1.91. The summed E-state index contributed by atoms with van der Waals surface area (Å²) in [5.74, 6) is 0. The normalized spacial score (nSPS) is 13.8. The molecule has 6 nitrogen and oxygen atoms in total. The third-order valence-electron chi connectivity index (χ3n) is 5.86. The Bertz CT molecular complexity index is 1180. The van der Waals surface area contributed by atoms with Gasteiger partial charge in [0.1, 0.15) is 10.3 Å². The second kappa shape index (κ2) is 12.4. The average Bonchev–Trinajstić information content (AvgIpc) is 2.90. The first-order chi connectivity index (χ1) is 16.7. The van der Waals surface area contributed by atoms with Crippen LogP contribution in [0.25, 0.3) is 11.4 Å². The molecule has 4 aromatic heterocycles. The van der Waals surface area contributed by atoms with Crippen molar-refractivity contribution in [1.82, 2.24) is 30.4 Å². The fourth-order valence-corrected chi connectivity index (χ4v) is 4.44. The Hall–Kier alpha value is -3.06. The largest absolute Gasteiger partial charge is 0.251 e. The summed E-state index contributed by atoms with van der Waals surface area (Å²) in [5.41, 5.74) is 8.14. The van der Waals surface area contributed by atoms with Crippen molar-refractivity contribution in [2.45, 2.75) is 58.3 Å². The highest BCUT2D eigenvalue weighted by molar-refractivity contribution is 9.10. The van der Waals surface area contributed by atoms with Gasteiger partial charge in [0.25, 0.3) is 0 Å². The van der Waals surface area contributed by atoms with E-state index in [0.29, 0.717) is 0 Å². The third-order valence-corrected chi connectivity index (χ3v) is 6.30. The summed E-state index contributed by atoms with van der Waals surface area (Å²) in [6, 6.07) is 16.1. The minimum Gasteiger partial charge on any atom is -0.251 e. The number of rotatable bonds is 1. The van der Waals surface area contributed by atoms with E-state index in [-0.39, 0.29) is 0 Å². The molecule has 0 radical (unpaired) electrons. The molecule has 0 aliphatic heterocycles. The highest BCUT2D eigenvalue weighted by atomic mass is 79.9. The second-order valence-corrected chi connectivity index (χ2v) is 9.24. The van der Waals surface area contributed by atoms with Crippen LogP contribution in [0.15, 0.2) is 65.5 Å². The van der Waals surface area contributed by atoms with Gasteiger partial charge in [-0.3, -0.25) is 4.98 Å². The summed E-state index contributed by atoms with van der Waals surface area (Å²) < 4.78 is 0.971. The van der Waals surface area contributed by atoms with E-state index in [1.54, 1.807) is 12.4 Å². The van der Waals surface area contributed by atoms with Gasteiger partial charge >= 0.3 is 0 Å². The summed E-state index contributed by atoms with van der Waals surface area (Å²) in [6.07, 6.45) is 13.2. The van der Waals surface area contributed by atoms with E-state index in [0.717, 1.165) is 34.5 Å². The van der Waals surface area contributed by atoms with Crippen LogP contribution in [0.2, 0.25) is 0 Å². The quantitative estimate of drug-likeness (QED) is 0.292. The zero-order valence-electron chi connectivity index (χ0n) is 19.5. The van der Waals surface area contributed by atoms with Gasteiger partial charge in [-0.15, -0.1) is 5.10 Å². The molecular weight excluding hydrogens is 488 g/mol. The van der Waals surface area contributed by atoms with Crippen LogP contribution in [0.4, 0.5) is 0 Å². The van der Waals surface area contributed by atoms with E-state index in [1.807, 2.05) is 43.3 Å². The van der Waals surface area contributed by atoms with Gasteiger partial charge in [-0.25, -0.2) is 4.98 Å². The Kier molecular flexibility index (Phi) is 8.79. The second-order valence-electron chi connectivity index (χ2n) is 8.43. The molecule has 4 heterocycles. The molecule has 0 N–H and O–H groups in total. The van der Waals surface area contributed by atoms with Crippen molar-refractivity contribution in [3.63, 3.8) is 0 Å². The lowest BCUT2D eigenvalue weighted by Gasteiger charge is -2.14. The van der Waals surface area contributed by atoms with Gasteiger partial charge in [0.15, 0.2) is 0 Å². The maximum atomic E-state index is 4.68. The fourth-order valence-electron chi connectivity index (χ4n) is 4.10. The lowest BCUT2D eigenvalue weighted by Crippen LogP contribution is -2.05. The van der Waals surface area contributed by atoms with Crippen LogP contribution in [0.3, 0.4) is 0 Å². The summed E-state index contributed by atoms with van der Waals surface area (Å²) in [7, 11) is 0. The molecule has 0 aromatic carbocycles. The van der Waals surface area contributed by atoms with Crippen molar-refractivity contribution in [2.24, 2.45) is 0 Å². The Morgan fingerprint density at radius 2 is 1.24 bits per heavy atom. The SMILES string of the molecule is Brc1ccc2c(n1)CCCC2.Cc1cccnn1.c1cnnc(-c2ccc3c(n2)CCCC3)c1.